The molecule has 0 radical (unpaired) electrons. The van der Waals surface area contributed by atoms with Crippen molar-refractivity contribution in [2.75, 3.05) is 13.6 Å². The van der Waals surface area contributed by atoms with Gasteiger partial charge < -0.3 is 15.0 Å². The standard InChI is InChI=1S/C17H21FN2O2/c1-20(11-17(22)6-2-3-7-17)16(21)8-12-10-19-15-9-13(18)4-5-14(12)15/h4-5,9-10,19,22H,2-3,6-8,11H2,1H3. The topological polar surface area (TPSA) is 56.3 Å². The van der Waals surface area contributed by atoms with E-state index >= 15 is 0 Å². The number of hydrogen-bond donors (Lipinski definition) is 2. The summed E-state index contributed by atoms with van der Waals surface area (Å²) in [5.74, 6) is -0.335. The molecule has 0 spiro atoms. The van der Waals surface area contributed by atoms with Gasteiger partial charge in [-0.2, -0.15) is 0 Å². The molecule has 5 heteroatoms. The number of carbonyl (C=O) groups excluding carboxylic acids is 1. The molecule has 4 nitrogen and oxygen atoms in total. The van der Waals surface area contributed by atoms with Crippen molar-refractivity contribution < 1.29 is 14.3 Å². The monoisotopic (exact) mass is 304 g/mol. The largest absolute Gasteiger partial charge is 0.388 e. The van der Waals surface area contributed by atoms with Gasteiger partial charge in [-0.25, -0.2) is 4.39 Å². The first-order valence-corrected chi connectivity index (χ1v) is 7.69. The van der Waals surface area contributed by atoms with E-state index in [2.05, 4.69) is 4.98 Å². The summed E-state index contributed by atoms with van der Waals surface area (Å²) in [6.45, 7) is 0.378. The number of aromatic amines is 1. The molecule has 2 aromatic rings. The molecule has 0 bridgehead atoms. The molecular formula is C17H21FN2O2. The molecule has 1 aromatic carbocycles. The molecule has 0 saturated heterocycles. The van der Waals surface area contributed by atoms with Crippen LogP contribution in [-0.2, 0) is 11.2 Å². The van der Waals surface area contributed by atoms with Gasteiger partial charge in [0.25, 0.3) is 0 Å². The van der Waals surface area contributed by atoms with Gasteiger partial charge in [0, 0.05) is 30.7 Å². The zero-order chi connectivity index (χ0) is 15.7. The number of halogens is 1. The van der Waals surface area contributed by atoms with Gasteiger partial charge in [0.05, 0.1) is 12.0 Å². The molecule has 0 aliphatic heterocycles. The van der Waals surface area contributed by atoms with Crippen molar-refractivity contribution in [3.8, 4) is 0 Å². The van der Waals surface area contributed by atoms with Crippen LogP contribution in [0.15, 0.2) is 24.4 Å². The molecule has 22 heavy (non-hydrogen) atoms. The van der Waals surface area contributed by atoms with E-state index < -0.39 is 5.60 Å². The third kappa shape index (κ3) is 2.99. The average Bonchev–Trinajstić information content (AvgIpc) is 3.05. The van der Waals surface area contributed by atoms with Crippen LogP contribution in [0.3, 0.4) is 0 Å². The number of H-pyrrole nitrogens is 1. The van der Waals surface area contributed by atoms with Gasteiger partial charge in [0.2, 0.25) is 5.91 Å². The third-order valence-corrected chi connectivity index (χ3v) is 4.56. The highest BCUT2D eigenvalue weighted by Crippen LogP contribution is 2.30. The first kappa shape index (κ1) is 15.0. The van der Waals surface area contributed by atoms with Gasteiger partial charge in [-0.15, -0.1) is 0 Å². The Kier molecular flexibility index (Phi) is 3.91. The van der Waals surface area contributed by atoms with E-state index in [1.807, 2.05) is 0 Å². The van der Waals surface area contributed by atoms with Crippen LogP contribution in [0.25, 0.3) is 10.9 Å². The van der Waals surface area contributed by atoms with Crippen LogP contribution >= 0.6 is 0 Å². The Bertz CT molecular complexity index is 689. The minimum Gasteiger partial charge on any atom is -0.388 e. The Morgan fingerprint density at radius 2 is 2.14 bits per heavy atom. The predicted octanol–water partition coefficient (Wildman–Crippen LogP) is 2.61. The van der Waals surface area contributed by atoms with Crippen LogP contribution < -0.4 is 0 Å². The number of fused-ring (bicyclic) bond motifs is 1. The lowest BCUT2D eigenvalue weighted by molar-refractivity contribution is -0.132. The highest BCUT2D eigenvalue weighted by molar-refractivity contribution is 5.88. The molecule has 3 rings (SSSR count). The molecule has 1 aliphatic carbocycles. The maximum Gasteiger partial charge on any atom is 0.226 e. The third-order valence-electron chi connectivity index (χ3n) is 4.56. The first-order chi connectivity index (χ1) is 10.5. The Hall–Kier alpha value is -1.88. The van der Waals surface area contributed by atoms with Gasteiger partial charge >= 0.3 is 0 Å². The number of aliphatic hydroxyl groups is 1. The second-order valence-corrected chi connectivity index (χ2v) is 6.36. The van der Waals surface area contributed by atoms with E-state index in [9.17, 15) is 14.3 Å². The van der Waals surface area contributed by atoms with Crippen molar-refractivity contribution in [2.45, 2.75) is 37.7 Å². The Morgan fingerprint density at radius 1 is 1.41 bits per heavy atom. The maximum atomic E-state index is 13.2. The van der Waals surface area contributed by atoms with Crippen LogP contribution in [0.1, 0.15) is 31.2 Å². The van der Waals surface area contributed by atoms with Crippen molar-refractivity contribution in [3.05, 3.63) is 35.8 Å². The van der Waals surface area contributed by atoms with Crippen molar-refractivity contribution in [1.82, 2.24) is 9.88 Å². The number of likely N-dealkylation sites (N-methyl/N-ethyl adjacent to an activating group) is 1. The number of nitrogens with one attached hydrogen (secondary N) is 1. The fraction of sp³-hybridized carbons (Fsp3) is 0.471. The summed E-state index contributed by atoms with van der Waals surface area (Å²) < 4.78 is 13.2. The first-order valence-electron chi connectivity index (χ1n) is 7.69. The summed E-state index contributed by atoms with van der Waals surface area (Å²) in [4.78, 5) is 17.0. The van der Waals surface area contributed by atoms with Crippen molar-refractivity contribution in [1.29, 1.82) is 0 Å². The van der Waals surface area contributed by atoms with Gasteiger partial charge in [0.1, 0.15) is 5.82 Å². The van der Waals surface area contributed by atoms with E-state index in [4.69, 9.17) is 0 Å². The molecule has 1 fully saturated rings. The lowest BCUT2D eigenvalue weighted by Gasteiger charge is -2.28. The predicted molar refractivity (Wildman–Crippen MR) is 83.0 cm³/mol. The van der Waals surface area contributed by atoms with Crippen molar-refractivity contribution in [3.63, 3.8) is 0 Å². The Balaban J connectivity index is 1.70. The van der Waals surface area contributed by atoms with Crippen LogP contribution in [0.4, 0.5) is 4.39 Å². The normalized spacial score (nSPS) is 17.0. The zero-order valence-corrected chi connectivity index (χ0v) is 12.7. The van der Waals surface area contributed by atoms with Crippen LogP contribution in [0, 0.1) is 5.82 Å². The zero-order valence-electron chi connectivity index (χ0n) is 12.7. The molecule has 1 aliphatic rings. The highest BCUT2D eigenvalue weighted by atomic mass is 19.1. The molecule has 1 aromatic heterocycles. The summed E-state index contributed by atoms with van der Waals surface area (Å²) >= 11 is 0. The molecule has 1 amide bonds. The number of aromatic nitrogens is 1. The number of nitrogens with zero attached hydrogens (tertiary/aromatic N) is 1. The minimum atomic E-state index is -0.728. The van der Waals surface area contributed by atoms with Gasteiger partial charge in [-0.05, 0) is 36.6 Å². The van der Waals surface area contributed by atoms with Crippen molar-refractivity contribution in [2.24, 2.45) is 0 Å². The molecule has 0 unspecified atom stereocenters. The second-order valence-electron chi connectivity index (χ2n) is 6.36. The molecule has 0 atom stereocenters. The maximum absolute atomic E-state index is 13.2. The van der Waals surface area contributed by atoms with Crippen LogP contribution in [0.5, 0.6) is 0 Å². The van der Waals surface area contributed by atoms with Gasteiger partial charge in [-0.3, -0.25) is 4.79 Å². The number of rotatable bonds is 4. The minimum absolute atomic E-state index is 0.0365. The number of benzene rings is 1. The van der Waals surface area contributed by atoms with Crippen LogP contribution in [0.2, 0.25) is 0 Å². The van der Waals surface area contributed by atoms with E-state index in [-0.39, 0.29) is 18.1 Å². The molecule has 1 saturated carbocycles. The quantitative estimate of drug-likeness (QED) is 0.912. The molecule has 118 valence electrons. The lowest BCUT2D eigenvalue weighted by Crippen LogP contribution is -2.42. The fourth-order valence-corrected chi connectivity index (χ4v) is 3.32. The second kappa shape index (κ2) is 5.72. The lowest BCUT2D eigenvalue weighted by atomic mass is 10.0. The van der Waals surface area contributed by atoms with Crippen LogP contribution in [-0.4, -0.2) is 40.1 Å². The van der Waals surface area contributed by atoms with Gasteiger partial charge in [-0.1, -0.05) is 12.8 Å². The number of hydrogen-bond acceptors (Lipinski definition) is 2. The summed E-state index contributed by atoms with van der Waals surface area (Å²) in [6, 6.07) is 4.51. The fourth-order valence-electron chi connectivity index (χ4n) is 3.32. The average molecular weight is 304 g/mol. The highest BCUT2D eigenvalue weighted by Gasteiger charge is 2.33. The molecule has 2 N–H and O–H groups in total. The molecule has 1 heterocycles. The number of carbonyl (C=O) groups is 1. The Morgan fingerprint density at radius 3 is 2.86 bits per heavy atom. The summed E-state index contributed by atoms with van der Waals surface area (Å²) in [6.07, 6.45) is 5.56. The summed E-state index contributed by atoms with van der Waals surface area (Å²) in [5, 5.41) is 11.3. The number of amides is 1. The smallest absolute Gasteiger partial charge is 0.226 e. The van der Waals surface area contributed by atoms with E-state index in [0.717, 1.165) is 36.6 Å². The van der Waals surface area contributed by atoms with Crippen molar-refractivity contribution >= 4 is 16.8 Å². The van der Waals surface area contributed by atoms with E-state index in [1.54, 1.807) is 24.2 Å². The summed E-state index contributed by atoms with van der Waals surface area (Å²) in [7, 11) is 1.73. The van der Waals surface area contributed by atoms with Gasteiger partial charge in [0.15, 0.2) is 0 Å². The van der Waals surface area contributed by atoms with E-state index in [0.29, 0.717) is 12.1 Å². The Labute approximate surface area is 128 Å². The SMILES string of the molecule is CN(CC1(O)CCCC1)C(=O)Cc1c[nH]c2cc(F)ccc12. The molecular weight excluding hydrogens is 283 g/mol. The van der Waals surface area contributed by atoms with E-state index in [1.165, 1.54) is 12.1 Å². The summed E-state index contributed by atoms with van der Waals surface area (Å²) in [5.41, 5.74) is 0.818.